The lowest BCUT2D eigenvalue weighted by molar-refractivity contribution is 1.11. The maximum absolute atomic E-state index is 3.86. The molecule has 0 aliphatic carbocycles. The molecule has 56 valence electrons. The predicted octanol–water partition coefficient (Wildman–Crippen LogP) is 2.60. The van der Waals surface area contributed by atoms with Gasteiger partial charge in [-0.1, -0.05) is 19.1 Å². The molecule has 0 radical (unpaired) electrons. The van der Waals surface area contributed by atoms with E-state index in [-0.39, 0.29) is 0 Å². The molecule has 10 heavy (non-hydrogen) atoms. The van der Waals surface area contributed by atoms with Crippen LogP contribution in [-0.2, 0) is 0 Å². The van der Waals surface area contributed by atoms with Gasteiger partial charge >= 0.3 is 0 Å². The summed E-state index contributed by atoms with van der Waals surface area (Å²) >= 11 is 0. The summed E-state index contributed by atoms with van der Waals surface area (Å²) in [4.78, 5) is 3.86. The Morgan fingerprint density at radius 2 is 2.20 bits per heavy atom. The minimum atomic E-state index is 1.03. The molecule has 0 aliphatic rings. The second kappa shape index (κ2) is 4.98. The number of hydrogen-bond acceptors (Lipinski definition) is 1. The van der Waals surface area contributed by atoms with Crippen LogP contribution in [0.3, 0.4) is 0 Å². The minimum absolute atomic E-state index is 1.03. The molecule has 0 aromatic carbocycles. The van der Waals surface area contributed by atoms with E-state index < -0.39 is 0 Å². The van der Waals surface area contributed by atoms with Crippen LogP contribution < -0.4 is 0 Å². The topological polar surface area (TPSA) is 12.4 Å². The van der Waals surface area contributed by atoms with Gasteiger partial charge in [-0.15, -0.1) is 0 Å². The normalized spacial score (nSPS) is 12.5. The Kier molecular flexibility index (Phi) is 4.55. The lowest BCUT2D eigenvalue weighted by atomic mass is 10.1. The maximum atomic E-state index is 3.86. The van der Waals surface area contributed by atoms with Gasteiger partial charge in [0.05, 0.1) is 0 Å². The van der Waals surface area contributed by atoms with Crippen LogP contribution in [0.2, 0.25) is 0 Å². The number of rotatable bonds is 3. The Labute approximate surface area is 63.2 Å². The van der Waals surface area contributed by atoms with Crippen molar-refractivity contribution in [3.05, 3.63) is 23.8 Å². The average Bonchev–Trinajstić information content (AvgIpc) is 1.89. The number of aliphatic imine (C=N–C) groups is 1. The summed E-state index contributed by atoms with van der Waals surface area (Å²) < 4.78 is 0. The van der Waals surface area contributed by atoms with E-state index in [1.165, 1.54) is 5.57 Å². The summed E-state index contributed by atoms with van der Waals surface area (Å²) in [5.41, 5.74) is 2.40. The number of nitrogens with zero attached hydrogens (tertiary/aromatic N) is 1. The zero-order chi connectivity index (χ0) is 7.98. The highest BCUT2D eigenvalue weighted by Gasteiger charge is 1.90. The third-order valence-electron chi connectivity index (χ3n) is 1.35. The molecule has 0 spiro atoms. The van der Waals surface area contributed by atoms with E-state index in [0.717, 1.165) is 12.0 Å². The molecular weight excluding hydrogens is 122 g/mol. The molecule has 0 heterocycles. The van der Waals surface area contributed by atoms with E-state index in [9.17, 15) is 0 Å². The molecule has 0 unspecified atom stereocenters. The molecule has 0 fully saturated rings. The number of allylic oxidation sites excluding steroid dienone is 3. The van der Waals surface area contributed by atoms with Crippen molar-refractivity contribution < 1.29 is 0 Å². The molecule has 0 aromatic rings. The van der Waals surface area contributed by atoms with E-state index in [0.29, 0.717) is 0 Å². The zero-order valence-corrected chi connectivity index (χ0v) is 7.02. The summed E-state index contributed by atoms with van der Waals surface area (Å²) in [5, 5.41) is 0. The van der Waals surface area contributed by atoms with Crippen LogP contribution in [-0.4, -0.2) is 13.3 Å². The first-order valence-corrected chi connectivity index (χ1v) is 3.49. The van der Waals surface area contributed by atoms with E-state index >= 15 is 0 Å². The Balaban J connectivity index is 4.18. The lowest BCUT2D eigenvalue weighted by Gasteiger charge is -1.99. The van der Waals surface area contributed by atoms with Crippen molar-refractivity contribution in [3.63, 3.8) is 0 Å². The molecule has 0 saturated carbocycles. The van der Waals surface area contributed by atoms with Crippen molar-refractivity contribution >= 4 is 6.21 Å². The van der Waals surface area contributed by atoms with Crippen LogP contribution in [0.25, 0.3) is 0 Å². The molecule has 0 aliphatic heterocycles. The second-order valence-electron chi connectivity index (χ2n) is 2.23. The molecular formula is C9H15N. The monoisotopic (exact) mass is 137 g/mol. The van der Waals surface area contributed by atoms with Gasteiger partial charge in [0, 0.05) is 13.3 Å². The van der Waals surface area contributed by atoms with Gasteiger partial charge in [-0.25, -0.2) is 0 Å². The van der Waals surface area contributed by atoms with Gasteiger partial charge in [0.1, 0.15) is 0 Å². The fourth-order valence-corrected chi connectivity index (χ4v) is 0.726. The Bertz CT molecular complexity index is 164. The molecule has 0 bridgehead atoms. The average molecular weight is 137 g/mol. The quantitative estimate of drug-likeness (QED) is 0.419. The van der Waals surface area contributed by atoms with Gasteiger partial charge in [-0.2, -0.15) is 0 Å². The van der Waals surface area contributed by atoms with Crippen molar-refractivity contribution in [1.82, 2.24) is 0 Å². The van der Waals surface area contributed by atoms with Gasteiger partial charge in [-0.3, -0.25) is 4.99 Å². The molecule has 0 N–H and O–H groups in total. The Morgan fingerprint density at radius 3 is 2.50 bits per heavy atom. The van der Waals surface area contributed by atoms with Crippen molar-refractivity contribution in [1.29, 1.82) is 0 Å². The smallest absolute Gasteiger partial charge is 0.0277 e. The highest BCUT2D eigenvalue weighted by atomic mass is 14.6. The Morgan fingerprint density at radius 1 is 1.60 bits per heavy atom. The maximum Gasteiger partial charge on any atom is 0.0277 e. The van der Waals surface area contributed by atoms with Gasteiger partial charge in [0.2, 0.25) is 0 Å². The Hall–Kier alpha value is -0.850. The predicted molar refractivity (Wildman–Crippen MR) is 47.6 cm³/mol. The fourth-order valence-electron chi connectivity index (χ4n) is 0.726. The molecule has 0 amide bonds. The van der Waals surface area contributed by atoms with Crippen LogP contribution in [0.15, 0.2) is 28.8 Å². The highest BCUT2D eigenvalue weighted by Crippen LogP contribution is 2.08. The molecule has 0 aromatic heterocycles. The highest BCUT2D eigenvalue weighted by molar-refractivity contribution is 5.73. The minimum Gasteiger partial charge on any atom is -0.297 e. The van der Waals surface area contributed by atoms with E-state index in [1.54, 1.807) is 13.3 Å². The van der Waals surface area contributed by atoms with Gasteiger partial charge in [0.15, 0.2) is 0 Å². The lowest BCUT2D eigenvalue weighted by Crippen LogP contribution is -1.81. The third-order valence-corrected chi connectivity index (χ3v) is 1.35. The first-order valence-electron chi connectivity index (χ1n) is 3.49. The van der Waals surface area contributed by atoms with Crippen LogP contribution >= 0.6 is 0 Å². The summed E-state index contributed by atoms with van der Waals surface area (Å²) in [6.45, 7) is 7.98. The van der Waals surface area contributed by atoms with Crippen molar-refractivity contribution in [2.45, 2.75) is 20.3 Å². The summed E-state index contributed by atoms with van der Waals surface area (Å²) in [6, 6.07) is 0. The first kappa shape index (κ1) is 9.15. The second-order valence-corrected chi connectivity index (χ2v) is 2.23. The number of hydrogen-bond donors (Lipinski definition) is 0. The van der Waals surface area contributed by atoms with E-state index in [1.807, 2.05) is 13.0 Å². The van der Waals surface area contributed by atoms with Crippen LogP contribution in [0.1, 0.15) is 20.3 Å². The molecule has 1 nitrogen and oxygen atoms in total. The SMILES string of the molecule is C=C(C)/C(=C\C=NC)CC. The molecule has 0 saturated heterocycles. The van der Waals surface area contributed by atoms with Crippen molar-refractivity contribution in [3.8, 4) is 0 Å². The largest absolute Gasteiger partial charge is 0.297 e. The summed E-state index contributed by atoms with van der Waals surface area (Å²) in [5.74, 6) is 0. The molecule has 1 heteroatoms. The van der Waals surface area contributed by atoms with Crippen LogP contribution in [0.5, 0.6) is 0 Å². The molecule has 0 atom stereocenters. The first-order chi connectivity index (χ1) is 4.72. The van der Waals surface area contributed by atoms with Gasteiger partial charge < -0.3 is 0 Å². The fraction of sp³-hybridized carbons (Fsp3) is 0.444. The summed E-state index contributed by atoms with van der Waals surface area (Å²) in [7, 11) is 1.77. The van der Waals surface area contributed by atoms with Gasteiger partial charge in [-0.05, 0) is 25.0 Å². The van der Waals surface area contributed by atoms with Crippen LogP contribution in [0, 0.1) is 0 Å². The van der Waals surface area contributed by atoms with Crippen LogP contribution in [0.4, 0.5) is 0 Å². The van der Waals surface area contributed by atoms with Crippen molar-refractivity contribution in [2.75, 3.05) is 7.05 Å². The molecule has 0 rings (SSSR count). The van der Waals surface area contributed by atoms with Gasteiger partial charge in [0.25, 0.3) is 0 Å². The standard InChI is InChI=1S/C9H15N/c1-5-9(8(2)3)6-7-10-4/h6-7H,2,5H2,1,3-4H3/b9-6-,10-7?. The van der Waals surface area contributed by atoms with E-state index in [2.05, 4.69) is 18.5 Å². The zero-order valence-electron chi connectivity index (χ0n) is 7.02. The van der Waals surface area contributed by atoms with E-state index in [4.69, 9.17) is 0 Å². The third kappa shape index (κ3) is 3.23. The summed E-state index contributed by atoms with van der Waals surface area (Å²) in [6.07, 6.45) is 4.83. The van der Waals surface area contributed by atoms with Crippen molar-refractivity contribution in [2.24, 2.45) is 4.99 Å².